The molecule has 0 spiro atoms. The highest BCUT2D eigenvalue weighted by molar-refractivity contribution is 5.85. The number of rotatable bonds is 3. The van der Waals surface area contributed by atoms with Crippen LogP contribution in [0.25, 0.3) is 0 Å². The Balaban J connectivity index is 1.71. The van der Waals surface area contributed by atoms with E-state index in [1.54, 1.807) is 6.08 Å². The van der Waals surface area contributed by atoms with Crippen LogP contribution in [-0.2, 0) is 4.79 Å². The molecule has 4 rings (SSSR count). The maximum atomic E-state index is 13.5. The highest BCUT2D eigenvalue weighted by atomic mass is 16.3. The summed E-state index contributed by atoms with van der Waals surface area (Å²) in [6, 6.07) is -0.237. The zero-order valence-electron chi connectivity index (χ0n) is 19.1. The first kappa shape index (κ1) is 23.0. The molecule has 0 bridgehead atoms. The van der Waals surface area contributed by atoms with E-state index in [4.69, 9.17) is 0 Å². The molecule has 0 radical (unpaired) electrons. The molecule has 0 aromatic rings. The Kier molecular flexibility index (Phi) is 6.70. The molecule has 0 aromatic carbocycles. The van der Waals surface area contributed by atoms with Gasteiger partial charge in [0.05, 0.1) is 30.3 Å². The van der Waals surface area contributed by atoms with E-state index in [9.17, 15) is 20.1 Å². The van der Waals surface area contributed by atoms with Gasteiger partial charge in [-0.1, -0.05) is 71.9 Å². The molecule has 1 amide bonds. The molecule has 0 unspecified atom stereocenters. The van der Waals surface area contributed by atoms with Crippen molar-refractivity contribution in [2.45, 2.75) is 64.0 Å². The lowest BCUT2D eigenvalue weighted by Gasteiger charge is -2.35. The van der Waals surface area contributed by atoms with Gasteiger partial charge >= 0.3 is 0 Å². The summed E-state index contributed by atoms with van der Waals surface area (Å²) in [7, 11) is 0. The van der Waals surface area contributed by atoms with Crippen molar-refractivity contribution in [1.29, 1.82) is 0 Å². The Hall–Kier alpha value is -2.21. The molecule has 2 aliphatic heterocycles. The summed E-state index contributed by atoms with van der Waals surface area (Å²) in [5, 5.41) is 31.8. The summed E-state index contributed by atoms with van der Waals surface area (Å²) in [6.45, 7) is 5.97. The van der Waals surface area contributed by atoms with Crippen LogP contribution in [0.15, 0.2) is 71.9 Å². The van der Waals surface area contributed by atoms with Crippen LogP contribution in [0, 0.1) is 23.7 Å². The highest BCUT2D eigenvalue weighted by Crippen LogP contribution is 2.47. The van der Waals surface area contributed by atoms with Crippen LogP contribution >= 0.6 is 0 Å². The van der Waals surface area contributed by atoms with Crippen molar-refractivity contribution in [3.63, 3.8) is 0 Å². The van der Waals surface area contributed by atoms with E-state index < -0.39 is 18.3 Å². The molecule has 5 heteroatoms. The first-order chi connectivity index (χ1) is 15.3. The maximum Gasteiger partial charge on any atom is 0.230 e. The minimum Gasteiger partial charge on any atom is -0.391 e. The fourth-order valence-electron chi connectivity index (χ4n) is 6.13. The maximum absolute atomic E-state index is 13.5. The third kappa shape index (κ3) is 3.98. The largest absolute Gasteiger partial charge is 0.391 e. The van der Waals surface area contributed by atoms with Gasteiger partial charge in [0.1, 0.15) is 0 Å². The van der Waals surface area contributed by atoms with Gasteiger partial charge in [-0.05, 0) is 33.6 Å². The van der Waals surface area contributed by atoms with Crippen molar-refractivity contribution < 1.29 is 20.1 Å². The number of aliphatic hydroxyl groups is 3. The predicted molar refractivity (Wildman–Crippen MR) is 125 cm³/mol. The molecule has 4 aliphatic rings. The third-order valence-electron chi connectivity index (χ3n) is 7.61. The summed E-state index contributed by atoms with van der Waals surface area (Å²) in [6.07, 6.45) is 18.6. The summed E-state index contributed by atoms with van der Waals surface area (Å²) in [5.41, 5.74) is 2.03. The lowest BCUT2D eigenvalue weighted by molar-refractivity contribution is -0.132. The van der Waals surface area contributed by atoms with E-state index in [0.29, 0.717) is 6.42 Å². The van der Waals surface area contributed by atoms with Crippen LogP contribution in [0.3, 0.4) is 0 Å². The van der Waals surface area contributed by atoms with E-state index in [1.165, 1.54) is 0 Å². The first-order valence-corrected chi connectivity index (χ1v) is 11.7. The van der Waals surface area contributed by atoms with Crippen molar-refractivity contribution >= 4 is 5.91 Å². The fourth-order valence-corrected chi connectivity index (χ4v) is 6.13. The molecule has 0 saturated carbocycles. The van der Waals surface area contributed by atoms with E-state index >= 15 is 0 Å². The SMILES string of the molecule is C/C=C\C=C/C[C@@H]1C[C@H](O)[C@H]2[C@@H]3/C(C)=C\[C@H]4C=C[C@@H](O)[C@@H](O)[C@@H]4/C(C)=C\C=C/[C@@H]3C(=O)N12. The molecule has 2 aliphatic carbocycles. The first-order valence-electron chi connectivity index (χ1n) is 11.7. The lowest BCUT2D eigenvalue weighted by Crippen LogP contribution is -2.40. The number of hydrogen-bond donors (Lipinski definition) is 3. The fraction of sp³-hybridized carbons (Fsp3) is 0.519. The number of nitrogens with zero attached hydrogens (tertiary/aromatic N) is 1. The quantitative estimate of drug-likeness (QED) is 0.468. The van der Waals surface area contributed by atoms with Crippen LogP contribution in [0.1, 0.15) is 33.6 Å². The average molecular weight is 438 g/mol. The van der Waals surface area contributed by atoms with Gasteiger partial charge in [0, 0.05) is 23.8 Å². The molecule has 2 saturated heterocycles. The zero-order chi connectivity index (χ0) is 23.0. The number of allylic oxidation sites excluding steroid dienone is 7. The van der Waals surface area contributed by atoms with Gasteiger partial charge in [-0.2, -0.15) is 0 Å². The summed E-state index contributed by atoms with van der Waals surface area (Å²) < 4.78 is 0. The number of hydrogen-bond acceptors (Lipinski definition) is 4. The molecular weight excluding hydrogens is 402 g/mol. The van der Waals surface area contributed by atoms with Crippen molar-refractivity contribution in [2.24, 2.45) is 23.7 Å². The number of carbonyl (C=O) groups is 1. The zero-order valence-corrected chi connectivity index (χ0v) is 19.1. The number of carbonyl (C=O) groups excluding carboxylic acids is 1. The van der Waals surface area contributed by atoms with Gasteiger partial charge in [-0.3, -0.25) is 4.79 Å². The monoisotopic (exact) mass is 437 g/mol. The van der Waals surface area contributed by atoms with Crippen LogP contribution in [0.2, 0.25) is 0 Å². The van der Waals surface area contributed by atoms with Gasteiger partial charge in [0.25, 0.3) is 0 Å². The molecule has 5 nitrogen and oxygen atoms in total. The molecule has 9 atom stereocenters. The van der Waals surface area contributed by atoms with Crippen LogP contribution in [-0.4, -0.2) is 56.5 Å². The standard InChI is InChI=1S/C27H35NO4/c1-4-5-6-7-10-19-15-22(30)25-24-17(3)14-18-12-13-21(29)26(31)23(18)16(2)9-8-11-20(24)27(32)28(19)25/h4-9,11-14,18-26,29-31H,10,15H2,1-3H3/b5-4-,7-6-,11-8-,16-9-,17-14-/t18-,19-,20+,21-,22+,23-,24-,25+,26-/m1/s1. The minimum atomic E-state index is -0.885. The van der Waals surface area contributed by atoms with Gasteiger partial charge in [-0.15, -0.1) is 0 Å². The molecule has 32 heavy (non-hydrogen) atoms. The van der Waals surface area contributed by atoms with E-state index in [1.807, 2.05) is 68.2 Å². The molecule has 2 heterocycles. The smallest absolute Gasteiger partial charge is 0.230 e. The Labute approximate surface area is 190 Å². The van der Waals surface area contributed by atoms with Crippen LogP contribution in [0.5, 0.6) is 0 Å². The van der Waals surface area contributed by atoms with Crippen molar-refractivity contribution in [3.8, 4) is 0 Å². The lowest BCUT2D eigenvalue weighted by atomic mass is 9.73. The summed E-state index contributed by atoms with van der Waals surface area (Å²) in [4.78, 5) is 15.5. The normalized spacial score (nSPS) is 45.9. The molecule has 3 N–H and O–H groups in total. The third-order valence-corrected chi connectivity index (χ3v) is 7.61. The van der Waals surface area contributed by atoms with Gasteiger partial charge in [-0.25, -0.2) is 0 Å². The molecule has 0 aromatic heterocycles. The molecular formula is C27H35NO4. The van der Waals surface area contributed by atoms with Crippen molar-refractivity contribution in [3.05, 3.63) is 71.9 Å². The predicted octanol–water partition coefficient (Wildman–Crippen LogP) is 3.07. The van der Waals surface area contributed by atoms with Crippen molar-refractivity contribution in [2.75, 3.05) is 0 Å². The van der Waals surface area contributed by atoms with E-state index in [-0.39, 0.29) is 41.7 Å². The van der Waals surface area contributed by atoms with Gasteiger partial charge in [0.15, 0.2) is 0 Å². The summed E-state index contributed by atoms with van der Waals surface area (Å²) in [5.74, 6) is -0.626. The van der Waals surface area contributed by atoms with Crippen LogP contribution in [0.4, 0.5) is 0 Å². The minimum absolute atomic E-state index is 0.000549. The second-order valence-corrected chi connectivity index (χ2v) is 9.61. The Morgan fingerprint density at radius 2 is 1.84 bits per heavy atom. The van der Waals surface area contributed by atoms with E-state index in [0.717, 1.165) is 17.6 Å². The van der Waals surface area contributed by atoms with Gasteiger partial charge in [0.2, 0.25) is 5.91 Å². The van der Waals surface area contributed by atoms with Crippen LogP contribution < -0.4 is 0 Å². The van der Waals surface area contributed by atoms with Gasteiger partial charge < -0.3 is 20.2 Å². The summed E-state index contributed by atoms with van der Waals surface area (Å²) >= 11 is 0. The number of amides is 1. The highest BCUT2D eigenvalue weighted by Gasteiger charge is 2.56. The number of fused-ring (bicyclic) bond motifs is 4. The Bertz CT molecular complexity index is 911. The average Bonchev–Trinajstić information content (AvgIpc) is 3.23. The number of aliphatic hydroxyl groups excluding tert-OH is 3. The topological polar surface area (TPSA) is 81.0 Å². The Morgan fingerprint density at radius 3 is 2.59 bits per heavy atom. The molecule has 2 fully saturated rings. The van der Waals surface area contributed by atoms with E-state index in [2.05, 4.69) is 12.2 Å². The molecule has 172 valence electrons. The second-order valence-electron chi connectivity index (χ2n) is 9.61. The Morgan fingerprint density at radius 1 is 1.06 bits per heavy atom. The second kappa shape index (κ2) is 9.34. The van der Waals surface area contributed by atoms with Crippen molar-refractivity contribution in [1.82, 2.24) is 4.90 Å².